The maximum absolute atomic E-state index is 12.7. The van der Waals surface area contributed by atoms with Crippen molar-refractivity contribution in [2.24, 2.45) is 5.73 Å². The van der Waals surface area contributed by atoms with Crippen LogP contribution in [-0.2, 0) is 0 Å². The Morgan fingerprint density at radius 2 is 2.14 bits per heavy atom. The van der Waals surface area contributed by atoms with Gasteiger partial charge in [-0.3, -0.25) is 0 Å². The Morgan fingerprint density at radius 1 is 1.50 bits per heavy atom. The van der Waals surface area contributed by atoms with Crippen LogP contribution in [0, 0.1) is 5.82 Å². The molecule has 0 aliphatic heterocycles. The number of aromatic hydroxyl groups is 1. The average molecular weight is 199 g/mol. The molecule has 3 nitrogen and oxygen atoms in total. The van der Waals surface area contributed by atoms with Crippen LogP contribution in [0.1, 0.15) is 25.0 Å². The first kappa shape index (κ1) is 10.9. The largest absolute Gasteiger partial charge is 0.505 e. The zero-order chi connectivity index (χ0) is 10.7. The van der Waals surface area contributed by atoms with Gasteiger partial charge in [-0.2, -0.15) is 0 Å². The minimum Gasteiger partial charge on any atom is -0.505 e. The molecular weight excluding hydrogens is 185 g/mol. The third kappa shape index (κ3) is 2.21. The van der Waals surface area contributed by atoms with Gasteiger partial charge in [-0.1, -0.05) is 13.0 Å². The highest BCUT2D eigenvalue weighted by atomic mass is 19.1. The Morgan fingerprint density at radius 3 is 2.64 bits per heavy atom. The normalized spacial score (nSPS) is 15.1. The fraction of sp³-hybridized carbons (Fsp3) is 0.400. The number of hydrogen-bond acceptors (Lipinski definition) is 3. The summed E-state index contributed by atoms with van der Waals surface area (Å²) in [7, 11) is 0. The number of phenols is 1. The molecule has 4 heteroatoms. The van der Waals surface area contributed by atoms with Crippen LogP contribution in [0.25, 0.3) is 0 Å². The van der Waals surface area contributed by atoms with Gasteiger partial charge in [0.2, 0.25) is 0 Å². The first-order valence-electron chi connectivity index (χ1n) is 4.48. The Labute approximate surface area is 82.0 Å². The summed E-state index contributed by atoms with van der Waals surface area (Å²) in [5, 5.41) is 18.7. The molecule has 78 valence electrons. The third-order valence-electron chi connectivity index (χ3n) is 2.19. The van der Waals surface area contributed by atoms with E-state index in [0.29, 0.717) is 12.0 Å². The van der Waals surface area contributed by atoms with Crippen LogP contribution in [0.5, 0.6) is 5.75 Å². The van der Waals surface area contributed by atoms with Crippen LogP contribution in [-0.4, -0.2) is 16.3 Å². The molecule has 0 aliphatic carbocycles. The standard InChI is InChI=1S/C10H14FNO2/c1-2-8(12)10(14)6-3-4-7(11)9(13)5-6/h3-5,8,10,13-14H,2,12H2,1H3/t8-,10+/m1/s1. The Kier molecular flexibility index (Phi) is 3.43. The number of nitrogens with two attached hydrogens (primary N) is 1. The van der Waals surface area contributed by atoms with Gasteiger partial charge in [-0.25, -0.2) is 4.39 Å². The molecule has 0 heterocycles. The minimum absolute atomic E-state index is 0.403. The monoisotopic (exact) mass is 199 g/mol. The highest BCUT2D eigenvalue weighted by molar-refractivity contribution is 5.30. The predicted molar refractivity (Wildman–Crippen MR) is 51.3 cm³/mol. The summed E-state index contributed by atoms with van der Waals surface area (Å²) in [6.07, 6.45) is -0.259. The summed E-state index contributed by atoms with van der Waals surface area (Å²) in [4.78, 5) is 0. The predicted octanol–water partition coefficient (Wildman–Crippen LogP) is 1.30. The maximum Gasteiger partial charge on any atom is 0.164 e. The number of benzene rings is 1. The molecule has 0 aliphatic rings. The number of hydrogen-bond donors (Lipinski definition) is 3. The highest BCUT2D eigenvalue weighted by Gasteiger charge is 2.16. The third-order valence-corrected chi connectivity index (χ3v) is 2.19. The van der Waals surface area contributed by atoms with Crippen molar-refractivity contribution in [2.75, 3.05) is 0 Å². The van der Waals surface area contributed by atoms with Crippen molar-refractivity contribution in [2.45, 2.75) is 25.5 Å². The van der Waals surface area contributed by atoms with Gasteiger partial charge in [0, 0.05) is 6.04 Å². The van der Waals surface area contributed by atoms with Gasteiger partial charge in [-0.05, 0) is 24.1 Å². The highest BCUT2D eigenvalue weighted by Crippen LogP contribution is 2.23. The molecule has 0 saturated carbocycles. The number of aliphatic hydroxyl groups excluding tert-OH is 1. The molecule has 0 amide bonds. The van der Waals surface area contributed by atoms with Crippen LogP contribution in [0.2, 0.25) is 0 Å². The molecule has 4 N–H and O–H groups in total. The van der Waals surface area contributed by atoms with Crippen molar-refractivity contribution in [3.8, 4) is 5.75 Å². The zero-order valence-electron chi connectivity index (χ0n) is 7.94. The smallest absolute Gasteiger partial charge is 0.164 e. The van der Waals surface area contributed by atoms with Crippen LogP contribution in [0.4, 0.5) is 4.39 Å². The second kappa shape index (κ2) is 4.39. The molecule has 0 saturated heterocycles. The van der Waals surface area contributed by atoms with Crippen LogP contribution in [0.15, 0.2) is 18.2 Å². The van der Waals surface area contributed by atoms with E-state index >= 15 is 0 Å². The summed E-state index contributed by atoms with van der Waals surface area (Å²) in [6.45, 7) is 1.84. The summed E-state index contributed by atoms with van der Waals surface area (Å²) >= 11 is 0. The number of halogens is 1. The van der Waals surface area contributed by atoms with E-state index in [1.807, 2.05) is 6.92 Å². The fourth-order valence-corrected chi connectivity index (χ4v) is 1.18. The fourth-order valence-electron chi connectivity index (χ4n) is 1.18. The van der Waals surface area contributed by atoms with Crippen molar-refractivity contribution in [1.82, 2.24) is 0 Å². The van der Waals surface area contributed by atoms with Crippen LogP contribution < -0.4 is 5.73 Å². The first-order chi connectivity index (χ1) is 6.56. The van der Waals surface area contributed by atoms with Crippen molar-refractivity contribution in [3.63, 3.8) is 0 Å². The average Bonchev–Trinajstić information content (AvgIpc) is 2.20. The van der Waals surface area contributed by atoms with Gasteiger partial charge in [-0.15, -0.1) is 0 Å². The molecule has 2 atom stereocenters. The van der Waals surface area contributed by atoms with Gasteiger partial charge >= 0.3 is 0 Å². The SMILES string of the molecule is CC[C@@H](N)[C@@H](O)c1ccc(F)c(O)c1. The summed E-state index contributed by atoms with van der Waals surface area (Å²) in [6, 6.07) is 3.31. The quantitative estimate of drug-likeness (QED) is 0.687. The summed E-state index contributed by atoms with van der Waals surface area (Å²) < 4.78 is 12.7. The van der Waals surface area contributed by atoms with Crippen molar-refractivity contribution >= 4 is 0 Å². The van der Waals surface area contributed by atoms with Crippen molar-refractivity contribution in [3.05, 3.63) is 29.6 Å². The molecular formula is C10H14FNO2. The van der Waals surface area contributed by atoms with E-state index in [4.69, 9.17) is 10.8 Å². The van der Waals surface area contributed by atoms with E-state index in [1.54, 1.807) is 0 Å². The Bertz CT molecular complexity index is 317. The lowest BCUT2D eigenvalue weighted by Gasteiger charge is -2.17. The van der Waals surface area contributed by atoms with Gasteiger partial charge in [0.1, 0.15) is 0 Å². The van der Waals surface area contributed by atoms with Gasteiger partial charge in [0.05, 0.1) is 6.10 Å². The van der Waals surface area contributed by atoms with Crippen LogP contribution >= 0.6 is 0 Å². The number of phenolic OH excluding ortho intramolecular Hbond substituents is 1. The van der Waals surface area contributed by atoms with Crippen LogP contribution in [0.3, 0.4) is 0 Å². The molecule has 0 spiro atoms. The second-order valence-corrected chi connectivity index (χ2v) is 3.23. The molecule has 0 radical (unpaired) electrons. The van der Waals surface area contributed by atoms with E-state index in [9.17, 15) is 9.50 Å². The number of rotatable bonds is 3. The minimum atomic E-state index is -0.869. The molecule has 1 aromatic rings. The topological polar surface area (TPSA) is 66.5 Å². The van der Waals surface area contributed by atoms with Gasteiger partial charge < -0.3 is 15.9 Å². The molecule has 0 bridgehead atoms. The molecule has 0 fully saturated rings. The van der Waals surface area contributed by atoms with Crippen molar-refractivity contribution in [1.29, 1.82) is 0 Å². The summed E-state index contributed by atoms with van der Waals surface area (Å²) in [5.74, 6) is -1.17. The maximum atomic E-state index is 12.7. The van der Waals surface area contributed by atoms with E-state index in [-0.39, 0.29) is 0 Å². The van der Waals surface area contributed by atoms with E-state index in [0.717, 1.165) is 6.07 Å². The van der Waals surface area contributed by atoms with Gasteiger partial charge in [0.15, 0.2) is 11.6 Å². The lowest BCUT2D eigenvalue weighted by atomic mass is 10.0. The Balaban J connectivity index is 2.91. The Hall–Kier alpha value is -1.13. The summed E-state index contributed by atoms with van der Waals surface area (Å²) in [5.41, 5.74) is 6.04. The zero-order valence-corrected chi connectivity index (χ0v) is 7.94. The van der Waals surface area contributed by atoms with Gasteiger partial charge in [0.25, 0.3) is 0 Å². The van der Waals surface area contributed by atoms with E-state index in [2.05, 4.69) is 0 Å². The number of aliphatic hydroxyl groups is 1. The van der Waals surface area contributed by atoms with E-state index in [1.165, 1.54) is 12.1 Å². The second-order valence-electron chi connectivity index (χ2n) is 3.23. The molecule has 0 aromatic heterocycles. The molecule has 1 aromatic carbocycles. The molecule has 0 unspecified atom stereocenters. The lowest BCUT2D eigenvalue weighted by Crippen LogP contribution is -2.27. The lowest BCUT2D eigenvalue weighted by molar-refractivity contribution is 0.144. The first-order valence-corrected chi connectivity index (χ1v) is 4.48. The van der Waals surface area contributed by atoms with E-state index < -0.39 is 23.7 Å². The molecule has 1 rings (SSSR count). The molecule has 14 heavy (non-hydrogen) atoms. The van der Waals surface area contributed by atoms with Crippen molar-refractivity contribution < 1.29 is 14.6 Å².